The van der Waals surface area contributed by atoms with Crippen LogP contribution in [0.1, 0.15) is 22.4 Å². The summed E-state index contributed by atoms with van der Waals surface area (Å²) in [7, 11) is 0. The van der Waals surface area contributed by atoms with Crippen molar-refractivity contribution in [1.29, 1.82) is 0 Å². The highest BCUT2D eigenvalue weighted by molar-refractivity contribution is 8.00. The highest BCUT2D eigenvalue weighted by Gasteiger charge is 2.08. The van der Waals surface area contributed by atoms with Gasteiger partial charge in [0.15, 0.2) is 0 Å². The summed E-state index contributed by atoms with van der Waals surface area (Å²) in [6, 6.07) is 16.0. The van der Waals surface area contributed by atoms with E-state index in [1.807, 2.05) is 29.6 Å². The first-order valence-electron chi connectivity index (χ1n) is 8.22. The molecule has 1 amide bonds. The molecule has 1 heterocycles. The summed E-state index contributed by atoms with van der Waals surface area (Å²) < 4.78 is 0.992. The number of hydrogen-bond acceptors (Lipinski definition) is 4. The molecule has 0 unspecified atom stereocenters. The van der Waals surface area contributed by atoms with Crippen molar-refractivity contribution in [1.82, 2.24) is 10.3 Å². The van der Waals surface area contributed by atoms with Gasteiger partial charge in [-0.2, -0.15) is 0 Å². The summed E-state index contributed by atoms with van der Waals surface area (Å²) >= 11 is 9.15. The Kier molecular flexibility index (Phi) is 6.72. The average molecular weight is 403 g/mol. The van der Waals surface area contributed by atoms with Gasteiger partial charge in [0.1, 0.15) is 4.34 Å². The second-order valence-corrected chi connectivity index (χ2v) is 8.48. The molecule has 3 nitrogen and oxygen atoms in total. The molecule has 1 N–H and O–H groups in total. The van der Waals surface area contributed by atoms with Gasteiger partial charge in [-0.1, -0.05) is 65.3 Å². The van der Waals surface area contributed by atoms with Gasteiger partial charge in [-0.05, 0) is 30.2 Å². The van der Waals surface area contributed by atoms with Crippen molar-refractivity contribution in [2.24, 2.45) is 0 Å². The number of amides is 1. The van der Waals surface area contributed by atoms with Gasteiger partial charge in [-0.3, -0.25) is 4.79 Å². The van der Waals surface area contributed by atoms with Crippen LogP contribution in [0.5, 0.6) is 0 Å². The van der Waals surface area contributed by atoms with Crippen molar-refractivity contribution in [2.75, 3.05) is 0 Å². The minimum atomic E-state index is -0.0275. The first kappa shape index (κ1) is 19.0. The van der Waals surface area contributed by atoms with Crippen LogP contribution in [0.3, 0.4) is 0 Å². The first-order valence-corrected chi connectivity index (χ1v) is 10.5. The van der Waals surface area contributed by atoms with E-state index in [1.165, 1.54) is 11.1 Å². The summed E-state index contributed by atoms with van der Waals surface area (Å²) in [6.07, 6.45) is 0.301. The number of hydrogen-bond donors (Lipinski definition) is 1. The quantitative estimate of drug-likeness (QED) is 0.548. The van der Waals surface area contributed by atoms with Gasteiger partial charge in [-0.25, -0.2) is 4.98 Å². The zero-order valence-corrected chi connectivity index (χ0v) is 16.8. The number of thiazole rings is 1. The molecule has 0 aliphatic heterocycles. The predicted molar refractivity (Wildman–Crippen MR) is 110 cm³/mol. The monoisotopic (exact) mass is 402 g/mol. The van der Waals surface area contributed by atoms with Crippen LogP contribution in [-0.2, 0) is 23.5 Å². The highest BCUT2D eigenvalue weighted by Crippen LogP contribution is 2.26. The maximum atomic E-state index is 12.1. The van der Waals surface area contributed by atoms with Crippen LogP contribution in [-0.4, -0.2) is 10.9 Å². The predicted octanol–water partition coefficient (Wildman–Crippen LogP) is 5.26. The molecule has 26 heavy (non-hydrogen) atoms. The van der Waals surface area contributed by atoms with Gasteiger partial charge in [0.2, 0.25) is 5.91 Å². The Morgan fingerprint density at radius 1 is 1.12 bits per heavy atom. The van der Waals surface area contributed by atoms with Crippen molar-refractivity contribution in [3.8, 4) is 0 Å². The third kappa shape index (κ3) is 5.87. The molecule has 6 heteroatoms. The lowest BCUT2D eigenvalue weighted by Gasteiger charge is -2.04. The number of aryl methyl sites for hydroxylation is 1. The lowest BCUT2D eigenvalue weighted by molar-refractivity contribution is -0.120. The smallest absolute Gasteiger partial charge is 0.226 e. The second-order valence-electron chi connectivity index (χ2n) is 5.96. The van der Waals surface area contributed by atoms with Crippen molar-refractivity contribution < 1.29 is 4.79 Å². The van der Waals surface area contributed by atoms with E-state index in [0.717, 1.165) is 21.3 Å². The lowest BCUT2D eigenvalue weighted by Crippen LogP contribution is -2.24. The van der Waals surface area contributed by atoms with Crippen molar-refractivity contribution in [2.45, 2.75) is 30.0 Å². The summed E-state index contributed by atoms with van der Waals surface area (Å²) in [5, 5.41) is 5.57. The molecule has 0 saturated heterocycles. The Morgan fingerprint density at radius 2 is 1.81 bits per heavy atom. The highest BCUT2D eigenvalue weighted by atomic mass is 35.5. The van der Waals surface area contributed by atoms with Crippen molar-refractivity contribution in [3.05, 3.63) is 81.3 Å². The second kappa shape index (κ2) is 9.21. The molecule has 0 aliphatic rings. The number of benzene rings is 2. The SMILES string of the molecule is Cc1ccc(CSc2nc(CC(=O)NCc3ccc(Cl)cc3)cs2)cc1. The Bertz CT molecular complexity index is 860. The number of aromatic nitrogens is 1. The van der Waals surface area contributed by atoms with E-state index in [-0.39, 0.29) is 5.91 Å². The molecule has 3 rings (SSSR count). The molecule has 0 radical (unpaired) electrons. The Balaban J connectivity index is 1.45. The average Bonchev–Trinajstić information content (AvgIpc) is 3.08. The topological polar surface area (TPSA) is 42.0 Å². The third-order valence-corrected chi connectivity index (χ3v) is 6.15. The van der Waals surface area contributed by atoms with E-state index in [0.29, 0.717) is 18.0 Å². The number of carbonyl (C=O) groups is 1. The molecular weight excluding hydrogens is 384 g/mol. The van der Waals surface area contributed by atoms with Crippen LogP contribution in [0.15, 0.2) is 58.3 Å². The van der Waals surface area contributed by atoms with Gasteiger partial charge in [0.25, 0.3) is 0 Å². The number of nitrogens with one attached hydrogen (secondary N) is 1. The molecular formula is C20H19ClN2OS2. The number of halogens is 1. The van der Waals surface area contributed by atoms with E-state index >= 15 is 0 Å². The zero-order valence-electron chi connectivity index (χ0n) is 14.4. The molecule has 0 aliphatic carbocycles. The molecule has 2 aromatic carbocycles. The fourth-order valence-corrected chi connectivity index (χ4v) is 4.22. The minimum absolute atomic E-state index is 0.0275. The van der Waals surface area contributed by atoms with Gasteiger partial charge in [-0.15, -0.1) is 11.3 Å². The van der Waals surface area contributed by atoms with Crippen LogP contribution < -0.4 is 5.32 Å². The van der Waals surface area contributed by atoms with E-state index in [9.17, 15) is 4.79 Å². The largest absolute Gasteiger partial charge is 0.352 e. The molecule has 0 fully saturated rings. The summed E-state index contributed by atoms with van der Waals surface area (Å²) in [5.41, 5.74) is 4.38. The molecule has 1 aromatic heterocycles. The van der Waals surface area contributed by atoms with Crippen molar-refractivity contribution in [3.63, 3.8) is 0 Å². The molecule has 0 atom stereocenters. The van der Waals surface area contributed by atoms with Crippen LogP contribution >= 0.6 is 34.7 Å². The fraction of sp³-hybridized carbons (Fsp3) is 0.200. The first-order chi connectivity index (χ1) is 12.6. The van der Waals surface area contributed by atoms with E-state index in [2.05, 4.69) is 41.5 Å². The van der Waals surface area contributed by atoms with Crippen LogP contribution in [0.2, 0.25) is 5.02 Å². The van der Waals surface area contributed by atoms with Crippen LogP contribution in [0.4, 0.5) is 0 Å². The third-order valence-electron chi connectivity index (χ3n) is 3.76. The lowest BCUT2D eigenvalue weighted by atomic mass is 10.2. The fourth-order valence-electron chi connectivity index (χ4n) is 2.30. The van der Waals surface area contributed by atoms with E-state index < -0.39 is 0 Å². The van der Waals surface area contributed by atoms with Gasteiger partial charge in [0, 0.05) is 22.7 Å². The summed E-state index contributed by atoms with van der Waals surface area (Å²) in [5.74, 6) is 0.857. The summed E-state index contributed by atoms with van der Waals surface area (Å²) in [4.78, 5) is 16.6. The van der Waals surface area contributed by atoms with Crippen LogP contribution in [0.25, 0.3) is 0 Å². The summed E-state index contributed by atoms with van der Waals surface area (Å²) in [6.45, 7) is 2.58. The Labute approximate surface area is 166 Å². The van der Waals surface area contributed by atoms with E-state index in [4.69, 9.17) is 11.6 Å². The standard InChI is InChI=1S/C20H19ClN2OS2/c1-14-2-4-16(5-3-14)12-25-20-23-18(13-26-20)10-19(24)22-11-15-6-8-17(21)9-7-15/h2-9,13H,10-12H2,1H3,(H,22,24). The van der Waals surface area contributed by atoms with Crippen molar-refractivity contribution >= 4 is 40.6 Å². The Hall–Kier alpha value is -1.82. The molecule has 0 saturated carbocycles. The maximum absolute atomic E-state index is 12.1. The molecule has 3 aromatic rings. The maximum Gasteiger partial charge on any atom is 0.226 e. The number of rotatable bonds is 7. The zero-order chi connectivity index (χ0) is 18.4. The van der Waals surface area contributed by atoms with Gasteiger partial charge >= 0.3 is 0 Å². The van der Waals surface area contributed by atoms with Gasteiger partial charge < -0.3 is 5.32 Å². The number of thioether (sulfide) groups is 1. The molecule has 0 spiro atoms. The van der Waals surface area contributed by atoms with Crippen LogP contribution in [0, 0.1) is 6.92 Å². The molecule has 0 bridgehead atoms. The molecule has 134 valence electrons. The number of nitrogens with zero attached hydrogens (tertiary/aromatic N) is 1. The number of carbonyl (C=O) groups excluding carboxylic acids is 1. The normalized spacial score (nSPS) is 10.7. The Morgan fingerprint density at radius 3 is 2.54 bits per heavy atom. The van der Waals surface area contributed by atoms with E-state index in [1.54, 1.807) is 23.1 Å². The minimum Gasteiger partial charge on any atom is -0.352 e. The van der Waals surface area contributed by atoms with Gasteiger partial charge in [0.05, 0.1) is 12.1 Å².